The Bertz CT molecular complexity index is 694. The average molecular weight is 285 g/mol. The van der Waals surface area contributed by atoms with Gasteiger partial charge in [-0.1, -0.05) is 41.9 Å². The van der Waals surface area contributed by atoms with Crippen molar-refractivity contribution < 1.29 is 4.74 Å². The van der Waals surface area contributed by atoms with Crippen molar-refractivity contribution in [1.82, 2.24) is 9.78 Å². The summed E-state index contributed by atoms with van der Waals surface area (Å²) in [7, 11) is 0. The van der Waals surface area contributed by atoms with Crippen molar-refractivity contribution in [1.29, 1.82) is 0 Å². The molecule has 1 aromatic heterocycles. The number of hydrogen-bond donors (Lipinski definition) is 0. The highest BCUT2D eigenvalue weighted by atomic mass is 35.5. The van der Waals surface area contributed by atoms with Gasteiger partial charge in [-0.3, -0.25) is 0 Å². The zero-order chi connectivity index (χ0) is 13.8. The molecule has 0 radical (unpaired) electrons. The van der Waals surface area contributed by atoms with Gasteiger partial charge in [0, 0.05) is 5.02 Å². The van der Waals surface area contributed by atoms with E-state index in [1.54, 1.807) is 10.9 Å². The van der Waals surface area contributed by atoms with E-state index in [2.05, 4.69) is 5.10 Å². The largest absolute Gasteiger partial charge is 0.486 e. The SMILES string of the molecule is Clc1cccc(COc2cnn(-c3ccccc3)c2)c1. The van der Waals surface area contributed by atoms with Crippen molar-refractivity contribution >= 4 is 11.6 Å². The van der Waals surface area contributed by atoms with E-state index < -0.39 is 0 Å². The second-order valence-corrected chi connectivity index (χ2v) is 4.81. The Kier molecular flexibility index (Phi) is 3.70. The minimum absolute atomic E-state index is 0.473. The number of para-hydroxylation sites is 1. The highest BCUT2D eigenvalue weighted by Gasteiger charge is 2.02. The summed E-state index contributed by atoms with van der Waals surface area (Å²) in [5, 5.41) is 5.00. The lowest BCUT2D eigenvalue weighted by Gasteiger charge is -2.03. The molecule has 0 amide bonds. The summed E-state index contributed by atoms with van der Waals surface area (Å²) >= 11 is 5.94. The lowest BCUT2D eigenvalue weighted by molar-refractivity contribution is 0.306. The Hall–Kier alpha value is -2.26. The summed E-state index contributed by atoms with van der Waals surface area (Å²) < 4.78 is 7.49. The Morgan fingerprint density at radius 2 is 1.90 bits per heavy atom. The van der Waals surface area contributed by atoms with Gasteiger partial charge in [0.2, 0.25) is 0 Å². The van der Waals surface area contributed by atoms with Gasteiger partial charge in [-0.15, -0.1) is 0 Å². The number of aromatic nitrogens is 2. The molecule has 0 fully saturated rings. The molecule has 0 aliphatic carbocycles. The molecule has 100 valence electrons. The molecule has 3 aromatic rings. The summed E-state index contributed by atoms with van der Waals surface area (Å²) in [6.07, 6.45) is 3.57. The quantitative estimate of drug-likeness (QED) is 0.721. The molecule has 0 N–H and O–H groups in total. The highest BCUT2D eigenvalue weighted by Crippen LogP contribution is 2.16. The van der Waals surface area contributed by atoms with E-state index >= 15 is 0 Å². The van der Waals surface area contributed by atoms with Crippen LogP contribution < -0.4 is 4.74 Å². The molecule has 3 nitrogen and oxygen atoms in total. The molecule has 0 atom stereocenters. The van der Waals surface area contributed by atoms with Crippen molar-refractivity contribution in [2.24, 2.45) is 0 Å². The van der Waals surface area contributed by atoms with E-state index in [9.17, 15) is 0 Å². The smallest absolute Gasteiger partial charge is 0.158 e. The van der Waals surface area contributed by atoms with E-state index in [1.807, 2.05) is 60.8 Å². The predicted molar refractivity (Wildman–Crippen MR) is 79.3 cm³/mol. The van der Waals surface area contributed by atoms with Crippen LogP contribution in [0.15, 0.2) is 67.0 Å². The molecular formula is C16H13ClN2O. The second kappa shape index (κ2) is 5.80. The third kappa shape index (κ3) is 3.00. The zero-order valence-corrected chi connectivity index (χ0v) is 11.5. The molecule has 20 heavy (non-hydrogen) atoms. The predicted octanol–water partition coefficient (Wildman–Crippen LogP) is 4.10. The molecule has 3 rings (SSSR count). The standard InChI is InChI=1S/C16H13ClN2O/c17-14-6-4-5-13(9-14)12-20-16-10-18-19(11-16)15-7-2-1-3-8-15/h1-11H,12H2. The second-order valence-electron chi connectivity index (χ2n) is 4.37. The lowest BCUT2D eigenvalue weighted by Crippen LogP contribution is -1.95. The maximum atomic E-state index is 5.94. The number of ether oxygens (including phenoxy) is 1. The number of hydrogen-bond acceptors (Lipinski definition) is 2. The van der Waals surface area contributed by atoms with Crippen molar-refractivity contribution in [2.75, 3.05) is 0 Å². The molecule has 0 aliphatic heterocycles. The fourth-order valence-corrected chi connectivity index (χ4v) is 2.11. The normalized spacial score (nSPS) is 10.4. The Labute approximate surface area is 122 Å². The van der Waals surface area contributed by atoms with Gasteiger partial charge in [0.25, 0.3) is 0 Å². The van der Waals surface area contributed by atoms with Crippen LogP contribution in [-0.4, -0.2) is 9.78 Å². The van der Waals surface area contributed by atoms with Gasteiger partial charge in [0.1, 0.15) is 6.61 Å². The first kappa shape index (κ1) is 12.8. The summed E-state index contributed by atoms with van der Waals surface area (Å²) in [6.45, 7) is 0.473. The number of benzene rings is 2. The third-order valence-corrected chi connectivity index (χ3v) is 3.11. The lowest BCUT2D eigenvalue weighted by atomic mass is 10.2. The van der Waals surface area contributed by atoms with Crippen LogP contribution in [0.25, 0.3) is 5.69 Å². The van der Waals surface area contributed by atoms with Gasteiger partial charge >= 0.3 is 0 Å². The zero-order valence-electron chi connectivity index (χ0n) is 10.7. The van der Waals surface area contributed by atoms with Crippen molar-refractivity contribution in [2.45, 2.75) is 6.61 Å². The average Bonchev–Trinajstić information content (AvgIpc) is 2.95. The maximum absolute atomic E-state index is 5.94. The van der Waals surface area contributed by atoms with E-state index in [1.165, 1.54) is 0 Å². The minimum Gasteiger partial charge on any atom is -0.486 e. The topological polar surface area (TPSA) is 27.1 Å². The van der Waals surface area contributed by atoms with Crippen molar-refractivity contribution in [3.8, 4) is 11.4 Å². The van der Waals surface area contributed by atoms with Crippen LogP contribution in [-0.2, 0) is 6.61 Å². The summed E-state index contributed by atoms with van der Waals surface area (Å²) in [6, 6.07) is 17.5. The van der Waals surface area contributed by atoms with Crippen LogP contribution in [0, 0.1) is 0 Å². The van der Waals surface area contributed by atoms with Gasteiger partial charge in [0.15, 0.2) is 5.75 Å². The molecule has 0 spiro atoms. The van der Waals surface area contributed by atoms with Crippen LogP contribution in [0.1, 0.15) is 5.56 Å². The maximum Gasteiger partial charge on any atom is 0.158 e. The van der Waals surface area contributed by atoms with Crippen LogP contribution in [0.3, 0.4) is 0 Å². The molecule has 0 saturated carbocycles. The molecule has 0 saturated heterocycles. The molecule has 0 unspecified atom stereocenters. The van der Waals surface area contributed by atoms with Gasteiger partial charge in [0.05, 0.1) is 18.1 Å². The van der Waals surface area contributed by atoms with Crippen LogP contribution in [0.2, 0.25) is 5.02 Å². The molecule has 0 aliphatic rings. The number of nitrogens with zero attached hydrogens (tertiary/aromatic N) is 2. The van der Waals surface area contributed by atoms with E-state index in [0.717, 1.165) is 17.0 Å². The molecule has 4 heteroatoms. The summed E-state index contributed by atoms with van der Waals surface area (Å²) in [5.41, 5.74) is 2.04. The summed E-state index contributed by atoms with van der Waals surface area (Å²) in [5.74, 6) is 0.730. The first-order valence-electron chi connectivity index (χ1n) is 6.28. The van der Waals surface area contributed by atoms with Crippen LogP contribution in [0.4, 0.5) is 0 Å². The molecule has 1 heterocycles. The van der Waals surface area contributed by atoms with Gasteiger partial charge in [-0.25, -0.2) is 4.68 Å². The summed E-state index contributed by atoms with van der Waals surface area (Å²) in [4.78, 5) is 0. The monoisotopic (exact) mass is 284 g/mol. The number of halogens is 1. The first-order valence-corrected chi connectivity index (χ1v) is 6.66. The van der Waals surface area contributed by atoms with Crippen molar-refractivity contribution in [3.05, 3.63) is 77.6 Å². The Morgan fingerprint density at radius 3 is 2.70 bits per heavy atom. The van der Waals surface area contributed by atoms with Gasteiger partial charge < -0.3 is 4.74 Å². The first-order chi connectivity index (χ1) is 9.81. The molecule has 0 bridgehead atoms. The van der Waals surface area contributed by atoms with Gasteiger partial charge in [-0.05, 0) is 29.8 Å². The fraction of sp³-hybridized carbons (Fsp3) is 0.0625. The third-order valence-electron chi connectivity index (χ3n) is 2.87. The Balaban J connectivity index is 1.69. The van der Waals surface area contributed by atoms with Crippen LogP contribution in [0.5, 0.6) is 5.75 Å². The highest BCUT2D eigenvalue weighted by molar-refractivity contribution is 6.30. The minimum atomic E-state index is 0.473. The molecule has 2 aromatic carbocycles. The van der Waals surface area contributed by atoms with E-state index in [4.69, 9.17) is 16.3 Å². The fourth-order valence-electron chi connectivity index (χ4n) is 1.90. The Morgan fingerprint density at radius 1 is 1.05 bits per heavy atom. The molecular weight excluding hydrogens is 272 g/mol. The van der Waals surface area contributed by atoms with Crippen molar-refractivity contribution in [3.63, 3.8) is 0 Å². The van der Waals surface area contributed by atoms with E-state index in [-0.39, 0.29) is 0 Å². The number of rotatable bonds is 4. The van der Waals surface area contributed by atoms with Gasteiger partial charge in [-0.2, -0.15) is 5.10 Å². The van der Waals surface area contributed by atoms with E-state index in [0.29, 0.717) is 11.6 Å². The van der Waals surface area contributed by atoms with Crippen LogP contribution >= 0.6 is 11.6 Å².